The number of carbonyl (C=O) groups is 2. The van der Waals surface area contributed by atoms with Gasteiger partial charge in [-0.3, -0.25) is 9.59 Å². The summed E-state index contributed by atoms with van der Waals surface area (Å²) in [6.07, 6.45) is 2.84. The predicted molar refractivity (Wildman–Crippen MR) is 83.4 cm³/mol. The Kier molecular flexibility index (Phi) is 4.43. The fourth-order valence-corrected chi connectivity index (χ4v) is 2.80. The lowest BCUT2D eigenvalue weighted by Crippen LogP contribution is -2.33. The van der Waals surface area contributed by atoms with E-state index in [-0.39, 0.29) is 29.8 Å². The number of nitrogens with one attached hydrogen (secondary N) is 2. The molecule has 1 aromatic rings. The van der Waals surface area contributed by atoms with Crippen molar-refractivity contribution in [3.8, 4) is 0 Å². The van der Waals surface area contributed by atoms with Crippen molar-refractivity contribution in [3.05, 3.63) is 29.8 Å². The van der Waals surface area contributed by atoms with Gasteiger partial charge in [-0.2, -0.15) is 0 Å². The third kappa shape index (κ3) is 3.65. The van der Waals surface area contributed by atoms with Crippen molar-refractivity contribution >= 4 is 17.5 Å². The Morgan fingerprint density at radius 2 is 1.91 bits per heavy atom. The minimum absolute atomic E-state index is 0.0282. The summed E-state index contributed by atoms with van der Waals surface area (Å²) in [6.45, 7) is 3.34. The Labute approximate surface area is 130 Å². The van der Waals surface area contributed by atoms with Crippen LogP contribution in [0.15, 0.2) is 24.3 Å². The van der Waals surface area contributed by atoms with E-state index in [0.717, 1.165) is 30.7 Å². The fraction of sp³-hybridized carbons (Fsp3) is 0.529. The van der Waals surface area contributed by atoms with Crippen molar-refractivity contribution < 1.29 is 14.3 Å². The average Bonchev–Trinajstić information content (AvgIpc) is 3.15. The molecule has 2 amide bonds. The van der Waals surface area contributed by atoms with Gasteiger partial charge in [0.1, 0.15) is 0 Å². The van der Waals surface area contributed by atoms with Gasteiger partial charge in [0.25, 0.3) is 0 Å². The van der Waals surface area contributed by atoms with Crippen LogP contribution >= 0.6 is 0 Å². The number of amides is 2. The monoisotopic (exact) mass is 302 g/mol. The number of aryl methyl sites for hydroxylation is 1. The van der Waals surface area contributed by atoms with Gasteiger partial charge in [0.15, 0.2) is 0 Å². The van der Waals surface area contributed by atoms with Crippen LogP contribution in [0.2, 0.25) is 0 Å². The van der Waals surface area contributed by atoms with Crippen molar-refractivity contribution in [3.63, 3.8) is 0 Å². The van der Waals surface area contributed by atoms with Gasteiger partial charge in [0.2, 0.25) is 11.8 Å². The van der Waals surface area contributed by atoms with E-state index in [9.17, 15) is 9.59 Å². The molecule has 118 valence electrons. The number of benzene rings is 1. The second kappa shape index (κ2) is 6.48. The Balaban J connectivity index is 1.43. The third-order valence-corrected chi connectivity index (χ3v) is 4.31. The fourth-order valence-electron chi connectivity index (χ4n) is 2.80. The molecule has 3 rings (SSSR count). The molecule has 5 heteroatoms. The smallest absolute Gasteiger partial charge is 0.228 e. The van der Waals surface area contributed by atoms with E-state index < -0.39 is 0 Å². The van der Waals surface area contributed by atoms with Crippen LogP contribution in [0.3, 0.4) is 0 Å². The zero-order valence-corrected chi connectivity index (χ0v) is 12.8. The van der Waals surface area contributed by atoms with Gasteiger partial charge in [0, 0.05) is 18.8 Å². The molecule has 2 N–H and O–H groups in total. The summed E-state index contributed by atoms with van der Waals surface area (Å²) >= 11 is 0. The lowest BCUT2D eigenvalue weighted by atomic mass is 10.2. The van der Waals surface area contributed by atoms with Gasteiger partial charge < -0.3 is 15.4 Å². The number of hydrogen-bond donors (Lipinski definition) is 2. The zero-order chi connectivity index (χ0) is 15.5. The first-order chi connectivity index (χ1) is 10.6. The van der Waals surface area contributed by atoms with Gasteiger partial charge in [-0.25, -0.2) is 0 Å². The highest BCUT2D eigenvalue weighted by Gasteiger charge is 2.48. The molecule has 0 spiro atoms. The SMILES string of the molecule is Cc1ccc(NC(=O)C2CC2C(=O)NCC2CCCO2)cc1. The van der Waals surface area contributed by atoms with Crippen molar-refractivity contribution in [2.75, 3.05) is 18.5 Å². The van der Waals surface area contributed by atoms with E-state index in [1.165, 1.54) is 0 Å². The van der Waals surface area contributed by atoms with Crippen LogP contribution in [0, 0.1) is 18.8 Å². The largest absolute Gasteiger partial charge is 0.376 e. The van der Waals surface area contributed by atoms with Gasteiger partial charge >= 0.3 is 0 Å². The molecule has 3 unspecified atom stereocenters. The highest BCUT2D eigenvalue weighted by Crippen LogP contribution is 2.39. The molecule has 1 aliphatic carbocycles. The number of anilines is 1. The number of rotatable bonds is 5. The van der Waals surface area contributed by atoms with Gasteiger partial charge in [-0.15, -0.1) is 0 Å². The van der Waals surface area contributed by atoms with E-state index in [2.05, 4.69) is 10.6 Å². The van der Waals surface area contributed by atoms with Crippen LogP contribution in [0.4, 0.5) is 5.69 Å². The summed E-state index contributed by atoms with van der Waals surface area (Å²) in [6, 6.07) is 7.66. The zero-order valence-electron chi connectivity index (χ0n) is 12.8. The summed E-state index contributed by atoms with van der Waals surface area (Å²) in [7, 11) is 0. The van der Waals surface area contributed by atoms with E-state index in [4.69, 9.17) is 4.74 Å². The molecule has 3 atom stereocenters. The standard InChI is InChI=1S/C17H22N2O3/c1-11-4-6-12(7-5-11)19-17(21)15-9-14(15)16(20)18-10-13-3-2-8-22-13/h4-7,13-15H,2-3,8-10H2,1H3,(H,18,20)(H,19,21). The Hall–Kier alpha value is -1.88. The van der Waals surface area contributed by atoms with Gasteiger partial charge in [0.05, 0.1) is 17.9 Å². The molecule has 1 saturated heterocycles. The molecule has 2 aliphatic rings. The highest BCUT2D eigenvalue weighted by molar-refractivity contribution is 5.99. The molecule has 5 nitrogen and oxygen atoms in total. The lowest BCUT2D eigenvalue weighted by Gasteiger charge is -2.10. The van der Waals surface area contributed by atoms with E-state index in [1.807, 2.05) is 31.2 Å². The Morgan fingerprint density at radius 3 is 2.59 bits per heavy atom. The number of carbonyl (C=O) groups excluding carboxylic acids is 2. The van der Waals surface area contributed by atoms with Crippen molar-refractivity contribution in [2.24, 2.45) is 11.8 Å². The van der Waals surface area contributed by atoms with Crippen LogP contribution in [-0.2, 0) is 14.3 Å². The minimum Gasteiger partial charge on any atom is -0.376 e. The molecule has 22 heavy (non-hydrogen) atoms. The van der Waals surface area contributed by atoms with Crippen LogP contribution in [-0.4, -0.2) is 31.1 Å². The summed E-state index contributed by atoms with van der Waals surface area (Å²) in [5.74, 6) is -0.488. The van der Waals surface area contributed by atoms with Crippen LogP contribution in [0.5, 0.6) is 0 Å². The predicted octanol–water partition coefficient (Wildman–Crippen LogP) is 1.86. The first-order valence-corrected chi connectivity index (χ1v) is 7.90. The van der Waals surface area contributed by atoms with Crippen LogP contribution in [0.25, 0.3) is 0 Å². The molecule has 0 aromatic heterocycles. The van der Waals surface area contributed by atoms with Crippen LogP contribution < -0.4 is 10.6 Å². The maximum absolute atomic E-state index is 12.1. The highest BCUT2D eigenvalue weighted by atomic mass is 16.5. The average molecular weight is 302 g/mol. The van der Waals surface area contributed by atoms with Gasteiger partial charge in [-0.1, -0.05) is 17.7 Å². The summed E-state index contributed by atoms with van der Waals surface area (Å²) in [5, 5.41) is 5.77. The van der Waals surface area contributed by atoms with E-state index >= 15 is 0 Å². The molecular formula is C17H22N2O3. The first-order valence-electron chi connectivity index (χ1n) is 7.90. The topological polar surface area (TPSA) is 67.4 Å². The maximum Gasteiger partial charge on any atom is 0.228 e. The summed E-state index contributed by atoms with van der Waals surface area (Å²) < 4.78 is 5.47. The van der Waals surface area contributed by atoms with E-state index in [1.54, 1.807) is 0 Å². The van der Waals surface area contributed by atoms with E-state index in [0.29, 0.717) is 13.0 Å². The molecule has 0 radical (unpaired) electrons. The number of ether oxygens (including phenoxy) is 1. The molecule has 1 aromatic carbocycles. The second-order valence-corrected chi connectivity index (χ2v) is 6.18. The third-order valence-electron chi connectivity index (χ3n) is 4.31. The molecular weight excluding hydrogens is 280 g/mol. The van der Waals surface area contributed by atoms with Crippen LogP contribution in [0.1, 0.15) is 24.8 Å². The minimum atomic E-state index is -0.203. The second-order valence-electron chi connectivity index (χ2n) is 6.18. The van der Waals surface area contributed by atoms with Gasteiger partial charge in [-0.05, 0) is 38.3 Å². The van der Waals surface area contributed by atoms with Crippen molar-refractivity contribution in [1.29, 1.82) is 0 Å². The quantitative estimate of drug-likeness (QED) is 0.872. The summed E-state index contributed by atoms with van der Waals surface area (Å²) in [4.78, 5) is 24.1. The molecule has 1 heterocycles. The number of hydrogen-bond acceptors (Lipinski definition) is 3. The Bertz CT molecular complexity index is 550. The molecule has 1 aliphatic heterocycles. The molecule has 2 fully saturated rings. The molecule has 0 bridgehead atoms. The summed E-state index contributed by atoms with van der Waals surface area (Å²) in [5.41, 5.74) is 1.93. The molecule has 1 saturated carbocycles. The van der Waals surface area contributed by atoms with Crippen molar-refractivity contribution in [1.82, 2.24) is 5.32 Å². The normalized spacial score (nSPS) is 26.5. The first kappa shape index (κ1) is 15.0. The lowest BCUT2D eigenvalue weighted by molar-refractivity contribution is -0.125. The maximum atomic E-state index is 12.1. The Morgan fingerprint density at radius 1 is 1.18 bits per heavy atom. The van der Waals surface area contributed by atoms with Crippen molar-refractivity contribution in [2.45, 2.75) is 32.3 Å².